The van der Waals surface area contributed by atoms with E-state index < -0.39 is 17.4 Å². The molecule has 4 aromatic rings. The van der Waals surface area contributed by atoms with E-state index in [0.717, 1.165) is 48.0 Å². The number of halogens is 3. The Morgan fingerprint density at radius 2 is 1.95 bits per heavy atom. The SMILES string of the molecule is C[C@H]1CCN1Cc1cc(C(F)(F)F)c2cn(-c3cccc([C@H](c4nncn4C)C4CCC4)c3)c(=O)n2c1. The van der Waals surface area contributed by atoms with Gasteiger partial charge in [-0.05, 0) is 61.4 Å². The van der Waals surface area contributed by atoms with Gasteiger partial charge in [-0.15, -0.1) is 10.2 Å². The lowest BCUT2D eigenvalue weighted by Crippen LogP contribution is -2.44. The first-order valence-corrected chi connectivity index (χ1v) is 12.7. The number of rotatable bonds is 6. The molecule has 10 heteroatoms. The smallest absolute Gasteiger partial charge is 0.320 e. The summed E-state index contributed by atoms with van der Waals surface area (Å²) in [6, 6.07) is 9.01. The molecule has 3 aromatic heterocycles. The maximum absolute atomic E-state index is 14.1. The summed E-state index contributed by atoms with van der Waals surface area (Å²) < 4.78 is 46.7. The normalized spacial score (nSPS) is 19.6. The van der Waals surface area contributed by atoms with E-state index in [2.05, 4.69) is 22.0 Å². The van der Waals surface area contributed by atoms with Crippen molar-refractivity contribution in [3.63, 3.8) is 0 Å². The summed E-state index contributed by atoms with van der Waals surface area (Å²) in [4.78, 5) is 15.6. The highest BCUT2D eigenvalue weighted by Crippen LogP contribution is 2.43. The summed E-state index contributed by atoms with van der Waals surface area (Å²) in [5.74, 6) is 1.26. The van der Waals surface area contributed by atoms with Crippen LogP contribution in [0.4, 0.5) is 13.2 Å². The average molecular weight is 511 g/mol. The van der Waals surface area contributed by atoms with E-state index in [4.69, 9.17) is 0 Å². The zero-order valence-corrected chi connectivity index (χ0v) is 20.8. The van der Waals surface area contributed by atoms with Crippen LogP contribution in [0.3, 0.4) is 0 Å². The molecule has 6 rings (SSSR count). The number of likely N-dealkylation sites (tertiary alicyclic amines) is 1. The Labute approximate surface area is 212 Å². The molecule has 4 heterocycles. The monoisotopic (exact) mass is 510 g/mol. The van der Waals surface area contributed by atoms with Crippen molar-refractivity contribution < 1.29 is 13.2 Å². The number of nitrogens with zero attached hydrogens (tertiary/aromatic N) is 6. The van der Waals surface area contributed by atoms with Gasteiger partial charge in [-0.1, -0.05) is 18.6 Å². The highest BCUT2D eigenvalue weighted by molar-refractivity contribution is 5.58. The minimum Gasteiger partial charge on any atom is -0.320 e. The van der Waals surface area contributed by atoms with E-state index in [9.17, 15) is 18.0 Å². The van der Waals surface area contributed by atoms with Crippen LogP contribution in [0.2, 0.25) is 0 Å². The van der Waals surface area contributed by atoms with Crippen LogP contribution in [0.5, 0.6) is 0 Å². The van der Waals surface area contributed by atoms with Crippen molar-refractivity contribution in [1.82, 2.24) is 28.6 Å². The molecule has 1 saturated heterocycles. The fourth-order valence-electron chi connectivity index (χ4n) is 5.63. The molecule has 0 spiro atoms. The minimum atomic E-state index is -4.58. The summed E-state index contributed by atoms with van der Waals surface area (Å²) >= 11 is 0. The van der Waals surface area contributed by atoms with Crippen LogP contribution in [-0.4, -0.2) is 41.2 Å². The van der Waals surface area contributed by atoms with Crippen LogP contribution in [0, 0.1) is 5.92 Å². The van der Waals surface area contributed by atoms with Crippen molar-refractivity contribution in [2.24, 2.45) is 13.0 Å². The molecule has 194 valence electrons. The van der Waals surface area contributed by atoms with Gasteiger partial charge in [-0.3, -0.25) is 13.9 Å². The molecule has 0 bridgehead atoms. The lowest BCUT2D eigenvalue weighted by atomic mass is 9.72. The maximum Gasteiger partial charge on any atom is 0.418 e. The predicted molar refractivity (Wildman–Crippen MR) is 133 cm³/mol. The largest absolute Gasteiger partial charge is 0.418 e. The van der Waals surface area contributed by atoms with Crippen LogP contribution in [-0.2, 0) is 19.8 Å². The quantitative estimate of drug-likeness (QED) is 0.375. The summed E-state index contributed by atoms with van der Waals surface area (Å²) in [6.07, 6.45) is 4.28. The first-order valence-electron chi connectivity index (χ1n) is 12.7. The van der Waals surface area contributed by atoms with Crippen molar-refractivity contribution in [1.29, 1.82) is 0 Å². The second-order valence-electron chi connectivity index (χ2n) is 10.5. The third kappa shape index (κ3) is 4.17. The predicted octanol–water partition coefficient (Wildman–Crippen LogP) is 4.76. The molecular weight excluding hydrogens is 481 g/mol. The van der Waals surface area contributed by atoms with Gasteiger partial charge < -0.3 is 4.57 Å². The summed E-state index contributed by atoms with van der Waals surface area (Å²) in [7, 11) is 1.91. The van der Waals surface area contributed by atoms with Gasteiger partial charge >= 0.3 is 11.9 Å². The Bertz CT molecular complexity index is 1510. The van der Waals surface area contributed by atoms with Crippen molar-refractivity contribution in [3.05, 3.63) is 82.1 Å². The fourth-order valence-corrected chi connectivity index (χ4v) is 5.63. The summed E-state index contributed by atoms with van der Waals surface area (Å²) in [5.41, 5.74) is 0.527. The Balaban J connectivity index is 1.45. The molecule has 1 aliphatic heterocycles. The minimum absolute atomic E-state index is 0.00443. The van der Waals surface area contributed by atoms with E-state index in [-0.39, 0.29) is 11.4 Å². The van der Waals surface area contributed by atoms with Crippen LogP contribution in [0.25, 0.3) is 11.2 Å². The topological polar surface area (TPSA) is 60.4 Å². The van der Waals surface area contributed by atoms with Crippen LogP contribution >= 0.6 is 0 Å². The number of pyridine rings is 1. The third-order valence-corrected chi connectivity index (χ3v) is 8.13. The zero-order valence-electron chi connectivity index (χ0n) is 20.8. The second kappa shape index (κ2) is 8.86. The van der Waals surface area contributed by atoms with Gasteiger partial charge in [-0.2, -0.15) is 13.2 Å². The van der Waals surface area contributed by atoms with Gasteiger partial charge in [0.25, 0.3) is 0 Å². The Kier molecular flexibility index (Phi) is 5.74. The highest BCUT2D eigenvalue weighted by Gasteiger charge is 2.36. The number of aryl methyl sites for hydroxylation is 1. The van der Waals surface area contributed by atoms with E-state index in [1.165, 1.54) is 16.8 Å². The molecular formula is C27H29F3N6O. The molecule has 1 aromatic carbocycles. The van der Waals surface area contributed by atoms with Crippen molar-refractivity contribution in [2.75, 3.05) is 6.54 Å². The van der Waals surface area contributed by atoms with E-state index in [1.54, 1.807) is 18.6 Å². The summed E-state index contributed by atoms with van der Waals surface area (Å²) in [5, 5.41) is 8.40. The molecule has 7 nitrogen and oxygen atoms in total. The molecule has 0 amide bonds. The van der Waals surface area contributed by atoms with E-state index in [0.29, 0.717) is 29.8 Å². The number of fused-ring (bicyclic) bond motifs is 1. The summed E-state index contributed by atoms with van der Waals surface area (Å²) in [6.45, 7) is 3.28. The molecule has 0 N–H and O–H groups in total. The lowest BCUT2D eigenvalue weighted by Gasteiger charge is -2.38. The first kappa shape index (κ1) is 24.0. The van der Waals surface area contributed by atoms with E-state index in [1.807, 2.05) is 29.8 Å². The molecule has 2 fully saturated rings. The fraction of sp³-hybridized carbons (Fsp3) is 0.444. The van der Waals surface area contributed by atoms with Crippen LogP contribution in [0.1, 0.15) is 61.0 Å². The Hall–Kier alpha value is -3.40. The van der Waals surface area contributed by atoms with E-state index >= 15 is 0 Å². The highest BCUT2D eigenvalue weighted by atomic mass is 19.4. The third-order valence-electron chi connectivity index (χ3n) is 8.13. The van der Waals surface area contributed by atoms with Gasteiger partial charge in [0, 0.05) is 44.5 Å². The lowest BCUT2D eigenvalue weighted by molar-refractivity contribution is -0.136. The zero-order chi connectivity index (χ0) is 25.9. The molecule has 2 atom stereocenters. The molecule has 1 saturated carbocycles. The number of imidazole rings is 1. The molecule has 0 radical (unpaired) electrons. The molecule has 2 aliphatic rings. The van der Waals surface area contributed by atoms with Gasteiger partial charge in [0.05, 0.1) is 16.8 Å². The van der Waals surface area contributed by atoms with Crippen LogP contribution < -0.4 is 5.69 Å². The molecule has 1 aliphatic carbocycles. The van der Waals surface area contributed by atoms with Gasteiger partial charge in [0.15, 0.2) is 0 Å². The van der Waals surface area contributed by atoms with Crippen molar-refractivity contribution >= 4 is 5.52 Å². The average Bonchev–Trinajstić information content (AvgIpc) is 3.40. The van der Waals surface area contributed by atoms with Gasteiger partial charge in [-0.25, -0.2) is 4.79 Å². The molecule has 37 heavy (non-hydrogen) atoms. The second-order valence-corrected chi connectivity index (χ2v) is 10.5. The first-order chi connectivity index (χ1) is 17.7. The van der Waals surface area contributed by atoms with Crippen LogP contribution in [0.15, 0.2) is 53.8 Å². The Morgan fingerprint density at radius 3 is 2.54 bits per heavy atom. The molecule has 0 unspecified atom stereocenters. The number of benzene rings is 1. The Morgan fingerprint density at radius 1 is 1.14 bits per heavy atom. The van der Waals surface area contributed by atoms with Crippen molar-refractivity contribution in [2.45, 2.75) is 57.3 Å². The van der Waals surface area contributed by atoms with Gasteiger partial charge in [0.2, 0.25) is 0 Å². The number of aromatic nitrogens is 5. The number of hydrogen-bond donors (Lipinski definition) is 0. The van der Waals surface area contributed by atoms with Gasteiger partial charge in [0.1, 0.15) is 12.2 Å². The maximum atomic E-state index is 14.1. The number of hydrogen-bond acceptors (Lipinski definition) is 4. The number of alkyl halides is 3. The van der Waals surface area contributed by atoms with Crippen molar-refractivity contribution in [3.8, 4) is 5.69 Å². The standard InChI is InChI=1S/C27H29F3N6O/c1-17-9-10-34(17)13-18-11-22(27(28,29)30)23-15-35(26(37)36(23)14-18)21-8-4-7-20(12-21)24(19-5-3-6-19)25-32-31-16-33(25)2/h4,7-8,11-12,14-17,19,24H,3,5-6,9-10,13H2,1-2H3/t17-,24+/m0/s1.